The maximum Gasteiger partial charge on any atom is 0.0755 e. The van der Waals surface area contributed by atoms with Crippen molar-refractivity contribution >= 4 is 8.60 Å². The molecule has 0 aromatic heterocycles. The van der Waals surface area contributed by atoms with Crippen molar-refractivity contribution < 1.29 is 19.6 Å². The summed E-state index contributed by atoms with van der Waals surface area (Å²) in [5.74, 6) is 0. The topological polar surface area (TPSA) is 72.0 Å². The monoisotopic (exact) mass is 180 g/mol. The van der Waals surface area contributed by atoms with Crippen LogP contribution in [0.2, 0.25) is 0 Å². The predicted molar refractivity (Wildman–Crippen MR) is 39.4 cm³/mol. The highest BCUT2D eigenvalue weighted by Gasteiger charge is 1.97. The highest BCUT2D eigenvalue weighted by molar-refractivity contribution is 7.36. The van der Waals surface area contributed by atoms with Gasteiger partial charge in [0.15, 0.2) is 0 Å². The normalized spacial score (nSPS) is 17.5. The van der Waals surface area contributed by atoms with Gasteiger partial charge in [-0.05, 0) is 19.3 Å². The van der Waals surface area contributed by atoms with Crippen molar-refractivity contribution in [3.05, 3.63) is 0 Å². The summed E-state index contributed by atoms with van der Waals surface area (Å²) < 4.78 is 3.70. The lowest BCUT2D eigenvalue weighted by atomic mass is 10.2. The Morgan fingerprint density at radius 2 is 1.64 bits per heavy atom. The van der Waals surface area contributed by atoms with Crippen molar-refractivity contribution in [3.8, 4) is 0 Å². The van der Waals surface area contributed by atoms with Crippen LogP contribution in [0, 0.1) is 0 Å². The molecule has 1 fully saturated rings. The molecule has 4 nitrogen and oxygen atoms in total. The van der Waals surface area contributed by atoms with E-state index in [4.69, 9.17) is 0 Å². The highest BCUT2D eigenvalue weighted by Crippen LogP contribution is 2.07. The third kappa shape index (κ3) is 10.3. The summed E-state index contributed by atoms with van der Waals surface area (Å²) in [7, 11) is -1.50. The van der Waals surface area contributed by atoms with Crippen LogP contribution in [0.4, 0.5) is 0 Å². The van der Waals surface area contributed by atoms with Gasteiger partial charge in [0.2, 0.25) is 0 Å². The second kappa shape index (κ2) is 8.37. The van der Waals surface area contributed by atoms with E-state index in [1.165, 1.54) is 32.4 Å². The number of hydrogen-bond donors (Lipinski definition) is 1. The summed E-state index contributed by atoms with van der Waals surface area (Å²) in [6.07, 6.45) is 4.36. The molecule has 0 saturated carbocycles. The van der Waals surface area contributed by atoms with Crippen molar-refractivity contribution in [1.29, 1.82) is 0 Å². The summed E-state index contributed by atoms with van der Waals surface area (Å²) >= 11 is 0. The standard InChI is InChI=1S/C5H11N.CH3O3P/c1-2-4-6-5-3-1;1-4-5(2)3/h6H,1-5H2;1H3/q;-2/p+1. The molecule has 2 N–H and O–H groups in total. The molecule has 68 valence electrons. The third-order valence-corrected chi connectivity index (χ3v) is 1.76. The number of quaternary nitrogens is 1. The van der Waals surface area contributed by atoms with E-state index in [1.807, 2.05) is 0 Å². The SMILES string of the molecule is C1CC[NH2+]CC1.COP([O-])[O-]. The molecule has 0 aromatic carbocycles. The van der Waals surface area contributed by atoms with Gasteiger partial charge in [0.25, 0.3) is 0 Å². The molecule has 1 saturated heterocycles. The molecule has 0 radical (unpaired) electrons. The van der Waals surface area contributed by atoms with E-state index in [1.54, 1.807) is 0 Å². The van der Waals surface area contributed by atoms with Gasteiger partial charge < -0.3 is 19.6 Å². The minimum atomic E-state index is -2.60. The minimum absolute atomic E-state index is 1.10. The molecule has 5 heteroatoms. The summed E-state index contributed by atoms with van der Waals surface area (Å²) in [6, 6.07) is 0. The largest absolute Gasteiger partial charge is 0.820 e. The van der Waals surface area contributed by atoms with E-state index in [9.17, 15) is 9.79 Å². The Morgan fingerprint density at radius 3 is 1.73 bits per heavy atom. The molecule has 0 bridgehead atoms. The molecule has 0 amide bonds. The van der Waals surface area contributed by atoms with E-state index in [-0.39, 0.29) is 0 Å². The molecule has 0 aromatic rings. The van der Waals surface area contributed by atoms with Crippen LogP contribution in [0.25, 0.3) is 0 Å². The molecule has 1 heterocycles. The van der Waals surface area contributed by atoms with Crippen LogP contribution in [-0.2, 0) is 4.52 Å². The van der Waals surface area contributed by atoms with Crippen molar-refractivity contribution in [2.75, 3.05) is 20.2 Å². The van der Waals surface area contributed by atoms with Gasteiger partial charge in [-0.25, -0.2) is 0 Å². The number of hydrogen-bond acceptors (Lipinski definition) is 3. The molecule has 1 rings (SSSR count). The fraction of sp³-hybridized carbons (Fsp3) is 1.00. The van der Waals surface area contributed by atoms with Crippen LogP contribution in [-0.4, -0.2) is 20.2 Å². The Hall–Kier alpha value is 0.270. The molecule has 0 atom stereocenters. The molecule has 0 aliphatic carbocycles. The van der Waals surface area contributed by atoms with Gasteiger partial charge in [-0.3, -0.25) is 0 Å². The van der Waals surface area contributed by atoms with E-state index >= 15 is 0 Å². The third-order valence-electron chi connectivity index (χ3n) is 1.47. The Morgan fingerprint density at radius 1 is 1.18 bits per heavy atom. The van der Waals surface area contributed by atoms with E-state index in [0.717, 1.165) is 7.11 Å². The summed E-state index contributed by atoms with van der Waals surface area (Å²) in [5, 5.41) is 2.39. The maximum atomic E-state index is 9.18. The lowest BCUT2D eigenvalue weighted by molar-refractivity contribution is -0.662. The van der Waals surface area contributed by atoms with Crippen molar-refractivity contribution in [2.45, 2.75) is 19.3 Å². The molecular formula is C6H15NO3P-. The van der Waals surface area contributed by atoms with Crippen molar-refractivity contribution in [1.82, 2.24) is 0 Å². The van der Waals surface area contributed by atoms with Crippen LogP contribution in [0.5, 0.6) is 0 Å². The molecule has 1 aliphatic heterocycles. The average molecular weight is 180 g/mol. The van der Waals surface area contributed by atoms with Crippen molar-refractivity contribution in [2.24, 2.45) is 0 Å². The Bertz CT molecular complexity index is 66.7. The quantitative estimate of drug-likeness (QED) is 0.489. The first-order chi connectivity index (χ1) is 5.27. The smallest absolute Gasteiger partial charge is 0.0755 e. The van der Waals surface area contributed by atoms with Crippen LogP contribution >= 0.6 is 8.60 Å². The maximum absolute atomic E-state index is 9.18. The molecular weight excluding hydrogens is 165 g/mol. The van der Waals surface area contributed by atoms with Crippen LogP contribution in [0.15, 0.2) is 0 Å². The first-order valence-corrected chi connectivity index (χ1v) is 4.87. The zero-order chi connectivity index (χ0) is 8.53. The van der Waals surface area contributed by atoms with Gasteiger partial charge in [0.1, 0.15) is 0 Å². The lowest BCUT2D eigenvalue weighted by Crippen LogP contribution is -2.85. The lowest BCUT2D eigenvalue weighted by Gasteiger charge is -2.25. The first-order valence-electron chi connectivity index (χ1n) is 3.77. The predicted octanol–water partition coefficient (Wildman–Crippen LogP) is -1.69. The zero-order valence-corrected chi connectivity index (χ0v) is 7.68. The van der Waals surface area contributed by atoms with Crippen molar-refractivity contribution in [3.63, 3.8) is 0 Å². The van der Waals surface area contributed by atoms with Gasteiger partial charge >= 0.3 is 0 Å². The Balaban J connectivity index is 0.000000187. The molecule has 0 spiro atoms. The van der Waals surface area contributed by atoms with E-state index in [0.29, 0.717) is 0 Å². The zero-order valence-electron chi connectivity index (χ0n) is 6.78. The van der Waals surface area contributed by atoms with Gasteiger partial charge in [0.05, 0.1) is 13.1 Å². The Labute approximate surface area is 68.6 Å². The second-order valence-electron chi connectivity index (χ2n) is 2.33. The number of rotatable bonds is 1. The molecule has 1 aliphatic rings. The fourth-order valence-electron chi connectivity index (χ4n) is 0.898. The van der Waals surface area contributed by atoms with Gasteiger partial charge in [0, 0.05) is 7.11 Å². The highest BCUT2D eigenvalue weighted by atomic mass is 31.2. The number of piperidine rings is 1. The second-order valence-corrected chi connectivity index (χ2v) is 3.15. The van der Waals surface area contributed by atoms with Gasteiger partial charge in [-0.1, -0.05) is 0 Å². The molecule has 11 heavy (non-hydrogen) atoms. The van der Waals surface area contributed by atoms with Gasteiger partial charge in [-0.2, -0.15) is 8.60 Å². The molecule has 0 unspecified atom stereocenters. The van der Waals surface area contributed by atoms with Gasteiger partial charge in [-0.15, -0.1) is 0 Å². The Kier molecular flexibility index (Phi) is 8.57. The first kappa shape index (κ1) is 11.3. The summed E-state index contributed by atoms with van der Waals surface area (Å²) in [5.41, 5.74) is 0. The van der Waals surface area contributed by atoms with Crippen LogP contribution in [0.1, 0.15) is 19.3 Å². The van der Waals surface area contributed by atoms with E-state index in [2.05, 4.69) is 9.84 Å². The van der Waals surface area contributed by atoms with Crippen LogP contribution in [0.3, 0.4) is 0 Å². The fourth-order valence-corrected chi connectivity index (χ4v) is 0.898. The number of nitrogens with two attached hydrogens (primary N) is 1. The minimum Gasteiger partial charge on any atom is -0.820 e. The van der Waals surface area contributed by atoms with Crippen LogP contribution < -0.4 is 15.1 Å². The summed E-state index contributed by atoms with van der Waals surface area (Å²) in [6.45, 7) is 2.75. The average Bonchev–Trinajstić information content (AvgIpc) is 2.09. The van der Waals surface area contributed by atoms with E-state index < -0.39 is 8.60 Å². The summed E-state index contributed by atoms with van der Waals surface area (Å²) in [4.78, 5) is 18.4.